The number of halogens is 1. The van der Waals surface area contributed by atoms with E-state index in [9.17, 15) is 5.26 Å². The number of ether oxygens (including phenoxy) is 1. The van der Waals surface area contributed by atoms with Gasteiger partial charge >= 0.3 is 0 Å². The first-order valence-corrected chi connectivity index (χ1v) is 8.84. The maximum Gasteiger partial charge on any atom is 0.147 e. The number of nitriles is 1. The number of hydrogen-bond donors (Lipinski definition) is 0. The van der Waals surface area contributed by atoms with Gasteiger partial charge in [-0.05, 0) is 31.2 Å². The van der Waals surface area contributed by atoms with Crippen LogP contribution in [0.4, 0.5) is 0 Å². The summed E-state index contributed by atoms with van der Waals surface area (Å²) in [5, 5.41) is 9.68. The Labute approximate surface area is 164 Å². The summed E-state index contributed by atoms with van der Waals surface area (Å²) in [5.41, 5.74) is 1.17. The Hall–Kier alpha value is -0.640. The van der Waals surface area contributed by atoms with Crippen molar-refractivity contribution in [3.05, 3.63) is 35.9 Å². The van der Waals surface area contributed by atoms with Gasteiger partial charge < -0.3 is 33.2 Å². The predicted octanol–water partition coefficient (Wildman–Crippen LogP) is 1.32. The van der Waals surface area contributed by atoms with Crippen molar-refractivity contribution in [2.75, 3.05) is 21.1 Å². The Morgan fingerprint density at radius 2 is 1.67 bits per heavy atom. The molecule has 134 valence electrons. The molecule has 3 nitrogen and oxygen atoms in total. The van der Waals surface area contributed by atoms with Gasteiger partial charge in [-0.3, -0.25) is 0 Å². The molecule has 0 N–H and O–H groups in total. The molecule has 1 aliphatic rings. The average Bonchev–Trinajstić information content (AvgIpc) is 2.56. The first kappa shape index (κ1) is 21.4. The molecule has 24 heavy (non-hydrogen) atoms. The molecule has 2 rings (SSSR count). The van der Waals surface area contributed by atoms with E-state index in [1.165, 1.54) is 24.8 Å². The van der Waals surface area contributed by atoms with E-state index in [1.54, 1.807) is 0 Å². The monoisotopic (exact) mass is 442 g/mol. The zero-order valence-corrected chi connectivity index (χ0v) is 17.6. The van der Waals surface area contributed by atoms with Crippen LogP contribution in [-0.4, -0.2) is 37.8 Å². The Balaban J connectivity index is 0.00000288. The maximum absolute atomic E-state index is 9.68. The molecule has 1 saturated carbocycles. The van der Waals surface area contributed by atoms with Gasteiger partial charge in [-0.15, -0.1) is 0 Å². The lowest BCUT2D eigenvalue weighted by atomic mass is 9.85. The minimum atomic E-state index is -0.297. The van der Waals surface area contributed by atoms with E-state index in [0.29, 0.717) is 5.92 Å². The molecule has 1 aromatic rings. The van der Waals surface area contributed by atoms with Crippen molar-refractivity contribution in [1.29, 1.82) is 5.26 Å². The molecule has 0 saturated heterocycles. The Bertz CT molecular complexity index is 515. The second kappa shape index (κ2) is 9.74. The van der Waals surface area contributed by atoms with Gasteiger partial charge in [0.15, 0.2) is 0 Å². The van der Waals surface area contributed by atoms with E-state index in [4.69, 9.17) is 4.74 Å². The Morgan fingerprint density at radius 1 is 1.08 bits per heavy atom. The quantitative estimate of drug-likeness (QED) is 0.492. The largest absolute Gasteiger partial charge is 1.00 e. The first-order valence-electron chi connectivity index (χ1n) is 8.84. The van der Waals surface area contributed by atoms with Crippen LogP contribution in [0.25, 0.3) is 0 Å². The molecule has 1 fully saturated rings. The van der Waals surface area contributed by atoms with E-state index in [0.717, 1.165) is 17.3 Å². The highest BCUT2D eigenvalue weighted by Gasteiger charge is 2.35. The van der Waals surface area contributed by atoms with E-state index in [1.807, 2.05) is 6.07 Å². The lowest BCUT2D eigenvalue weighted by Crippen LogP contribution is -3.00. The van der Waals surface area contributed by atoms with Gasteiger partial charge in [0.05, 0.1) is 27.2 Å². The summed E-state index contributed by atoms with van der Waals surface area (Å²) in [4.78, 5) is 0. The minimum absolute atomic E-state index is 0. The van der Waals surface area contributed by atoms with Crippen LogP contribution in [0.1, 0.15) is 50.7 Å². The molecule has 0 amide bonds. The average molecular weight is 442 g/mol. The van der Waals surface area contributed by atoms with Crippen LogP contribution in [0, 0.1) is 17.2 Å². The number of benzene rings is 1. The standard InChI is InChI=1S/C20H31N2O.HI/c1-16(22(2,3)4)20(18-13-9-6-10-14-18)23-19(15-21)17-11-7-5-8-12-17;/h6,9-10,13-14,16-17,19-20H,5,7-8,11-12H2,1-4H3;1H/q+1;/p-1/t16-,19-,20-;/m0./s1. The van der Waals surface area contributed by atoms with Crippen molar-refractivity contribution in [3.8, 4) is 6.07 Å². The molecule has 0 heterocycles. The summed E-state index contributed by atoms with van der Waals surface area (Å²) in [6.07, 6.45) is 5.65. The van der Waals surface area contributed by atoms with Crippen molar-refractivity contribution in [2.24, 2.45) is 5.92 Å². The SMILES string of the molecule is C[C@@H]([C@H](O[C@@H](C#N)C1CCCCC1)c1ccccc1)[N+](C)(C)C.[I-]. The zero-order chi connectivity index (χ0) is 16.9. The molecule has 1 aromatic carbocycles. The third-order valence-corrected chi connectivity index (χ3v) is 5.29. The zero-order valence-electron chi connectivity index (χ0n) is 15.4. The van der Waals surface area contributed by atoms with Crippen LogP contribution < -0.4 is 24.0 Å². The Kier molecular flexibility index (Phi) is 8.69. The topological polar surface area (TPSA) is 33.0 Å². The highest BCUT2D eigenvalue weighted by atomic mass is 127. The first-order chi connectivity index (χ1) is 10.9. The summed E-state index contributed by atoms with van der Waals surface area (Å²) in [6.45, 7) is 2.22. The fraction of sp³-hybridized carbons (Fsp3) is 0.650. The van der Waals surface area contributed by atoms with Crippen LogP contribution in [0.15, 0.2) is 30.3 Å². The summed E-state index contributed by atoms with van der Waals surface area (Å²) in [6, 6.07) is 13.1. The van der Waals surface area contributed by atoms with Crippen LogP contribution in [0.3, 0.4) is 0 Å². The highest BCUT2D eigenvalue weighted by Crippen LogP contribution is 2.33. The minimum Gasteiger partial charge on any atom is -1.00 e. The van der Waals surface area contributed by atoms with Crippen LogP contribution in [0.5, 0.6) is 0 Å². The molecular weight excluding hydrogens is 411 g/mol. The number of nitrogens with zero attached hydrogens (tertiary/aromatic N) is 2. The molecule has 0 unspecified atom stereocenters. The molecule has 3 atom stereocenters. The van der Waals surface area contributed by atoms with E-state index < -0.39 is 0 Å². The third-order valence-electron chi connectivity index (χ3n) is 5.29. The highest BCUT2D eigenvalue weighted by molar-refractivity contribution is 5.19. The molecule has 0 bridgehead atoms. The second-order valence-electron chi connectivity index (χ2n) is 7.77. The van der Waals surface area contributed by atoms with E-state index in [2.05, 4.69) is 58.4 Å². The Morgan fingerprint density at radius 3 is 2.17 bits per heavy atom. The predicted molar refractivity (Wildman–Crippen MR) is 93.7 cm³/mol. The van der Waals surface area contributed by atoms with E-state index >= 15 is 0 Å². The maximum atomic E-state index is 9.68. The lowest BCUT2D eigenvalue weighted by Gasteiger charge is -2.39. The van der Waals surface area contributed by atoms with Crippen molar-refractivity contribution in [2.45, 2.75) is 57.3 Å². The van der Waals surface area contributed by atoms with Gasteiger partial charge in [-0.1, -0.05) is 49.6 Å². The van der Waals surface area contributed by atoms with Gasteiger partial charge in [-0.2, -0.15) is 5.26 Å². The molecule has 0 radical (unpaired) electrons. The van der Waals surface area contributed by atoms with Gasteiger partial charge in [-0.25, -0.2) is 0 Å². The van der Waals surface area contributed by atoms with Crippen molar-refractivity contribution >= 4 is 0 Å². The molecule has 1 aliphatic carbocycles. The number of rotatable bonds is 6. The lowest BCUT2D eigenvalue weighted by molar-refractivity contribution is -0.898. The van der Waals surface area contributed by atoms with Crippen molar-refractivity contribution in [1.82, 2.24) is 0 Å². The molecule has 4 heteroatoms. The molecule has 0 aliphatic heterocycles. The normalized spacial score (nSPS) is 19.6. The third kappa shape index (κ3) is 5.72. The summed E-state index contributed by atoms with van der Waals surface area (Å²) >= 11 is 0. The van der Waals surface area contributed by atoms with Crippen LogP contribution in [-0.2, 0) is 4.74 Å². The second-order valence-corrected chi connectivity index (χ2v) is 7.77. The van der Waals surface area contributed by atoms with Gasteiger partial charge in [0.2, 0.25) is 0 Å². The van der Waals surface area contributed by atoms with Gasteiger partial charge in [0.25, 0.3) is 0 Å². The fourth-order valence-corrected chi connectivity index (χ4v) is 3.36. The molecule has 0 spiro atoms. The molecular formula is C20H31IN2O. The number of hydrogen-bond acceptors (Lipinski definition) is 2. The number of likely N-dealkylation sites (N-methyl/N-ethyl adjacent to an activating group) is 1. The summed E-state index contributed by atoms with van der Waals surface area (Å²) in [7, 11) is 6.56. The van der Waals surface area contributed by atoms with Crippen LogP contribution in [0.2, 0.25) is 0 Å². The number of quaternary nitrogens is 1. The molecule has 0 aromatic heterocycles. The summed E-state index contributed by atoms with van der Waals surface area (Å²) in [5.74, 6) is 0.389. The van der Waals surface area contributed by atoms with Crippen molar-refractivity contribution < 1.29 is 33.2 Å². The smallest absolute Gasteiger partial charge is 0.147 e. The van der Waals surface area contributed by atoms with Gasteiger partial charge in [0, 0.05) is 0 Å². The van der Waals surface area contributed by atoms with Crippen molar-refractivity contribution in [3.63, 3.8) is 0 Å². The fourth-order valence-electron chi connectivity index (χ4n) is 3.36. The van der Waals surface area contributed by atoms with Gasteiger partial charge in [0.1, 0.15) is 18.2 Å². The van der Waals surface area contributed by atoms with E-state index in [-0.39, 0.29) is 42.2 Å². The summed E-state index contributed by atoms with van der Waals surface area (Å²) < 4.78 is 7.24. The van der Waals surface area contributed by atoms with Crippen LogP contribution >= 0.6 is 0 Å².